The number of carbonyl (C=O) groups excluding carboxylic acids is 2. The lowest BCUT2D eigenvalue weighted by molar-refractivity contribution is -0.122. The number of ether oxygens (including phenoxy) is 2. The Morgan fingerprint density at radius 2 is 1.58 bits per heavy atom. The molecule has 1 saturated heterocycles. The average molecular weight is 459 g/mol. The Balaban J connectivity index is 1.63. The summed E-state index contributed by atoms with van der Waals surface area (Å²) >= 11 is 5.30. The van der Waals surface area contributed by atoms with Gasteiger partial charge in [0, 0.05) is 0 Å². The number of thiocarbonyl (C=S) groups is 1. The normalized spacial score (nSPS) is 14.9. The third-order valence-electron chi connectivity index (χ3n) is 5.26. The summed E-state index contributed by atoms with van der Waals surface area (Å²) in [4.78, 5) is 27.2. The van der Waals surface area contributed by atoms with E-state index in [2.05, 4.69) is 5.32 Å². The monoisotopic (exact) mass is 458 g/mol. The number of methoxy groups -OCH3 is 1. The van der Waals surface area contributed by atoms with Crippen LogP contribution >= 0.6 is 12.2 Å². The number of aryl methyl sites for hydroxylation is 2. The fraction of sp³-hybridized carbons (Fsp3) is 0.115. The fourth-order valence-corrected chi connectivity index (χ4v) is 3.80. The van der Waals surface area contributed by atoms with E-state index in [0.717, 1.165) is 22.4 Å². The molecule has 33 heavy (non-hydrogen) atoms. The average Bonchev–Trinajstić information content (AvgIpc) is 2.80. The molecule has 0 radical (unpaired) electrons. The van der Waals surface area contributed by atoms with E-state index in [1.807, 2.05) is 56.3 Å². The molecule has 1 heterocycles. The number of amides is 2. The van der Waals surface area contributed by atoms with E-state index in [0.29, 0.717) is 17.2 Å². The first-order chi connectivity index (χ1) is 15.9. The first kappa shape index (κ1) is 22.2. The van der Waals surface area contributed by atoms with Gasteiger partial charge in [0.25, 0.3) is 11.8 Å². The standard InChI is InChI=1S/C26H22N2O4S/c1-16-14-23(31-3)17(2)13-18(16)15-22-24(29)27-26(33)28(25(22)30)19-9-11-21(12-10-19)32-20-7-5-4-6-8-20/h4-15H,1-3H3,(H,27,29,33)/b22-15+. The van der Waals surface area contributed by atoms with Gasteiger partial charge in [-0.15, -0.1) is 0 Å². The van der Waals surface area contributed by atoms with Crippen LogP contribution in [0.5, 0.6) is 17.2 Å². The van der Waals surface area contributed by atoms with Gasteiger partial charge in [0.2, 0.25) is 0 Å². The van der Waals surface area contributed by atoms with Crippen molar-refractivity contribution in [3.8, 4) is 17.2 Å². The van der Waals surface area contributed by atoms with Crippen molar-refractivity contribution in [1.29, 1.82) is 0 Å². The molecule has 0 spiro atoms. The third kappa shape index (κ3) is 4.63. The number of hydrogen-bond donors (Lipinski definition) is 1. The smallest absolute Gasteiger partial charge is 0.270 e. The summed E-state index contributed by atoms with van der Waals surface area (Å²) in [6.07, 6.45) is 1.58. The number of carbonyl (C=O) groups is 2. The molecule has 0 unspecified atom stereocenters. The van der Waals surface area contributed by atoms with Crippen molar-refractivity contribution >= 4 is 40.9 Å². The predicted octanol–water partition coefficient (Wildman–Crippen LogP) is 4.94. The Kier molecular flexibility index (Phi) is 6.24. The largest absolute Gasteiger partial charge is 0.496 e. The molecule has 0 bridgehead atoms. The molecule has 2 amide bonds. The minimum atomic E-state index is -0.529. The minimum absolute atomic E-state index is 0.000814. The molecule has 1 aliphatic rings. The number of hydrogen-bond acceptors (Lipinski definition) is 5. The minimum Gasteiger partial charge on any atom is -0.496 e. The second-order valence-electron chi connectivity index (χ2n) is 7.55. The summed E-state index contributed by atoms with van der Waals surface area (Å²) in [7, 11) is 1.60. The van der Waals surface area contributed by atoms with Gasteiger partial charge in [0.1, 0.15) is 22.8 Å². The number of para-hydroxylation sites is 1. The van der Waals surface area contributed by atoms with Crippen LogP contribution in [0.4, 0.5) is 5.69 Å². The highest BCUT2D eigenvalue weighted by Gasteiger charge is 2.34. The van der Waals surface area contributed by atoms with Crippen molar-refractivity contribution in [2.75, 3.05) is 12.0 Å². The van der Waals surface area contributed by atoms with Gasteiger partial charge >= 0.3 is 0 Å². The maximum absolute atomic E-state index is 13.3. The molecule has 0 saturated carbocycles. The maximum Gasteiger partial charge on any atom is 0.270 e. The van der Waals surface area contributed by atoms with Crippen molar-refractivity contribution in [2.24, 2.45) is 0 Å². The molecule has 7 heteroatoms. The molecule has 1 N–H and O–H groups in total. The highest BCUT2D eigenvalue weighted by molar-refractivity contribution is 7.80. The van der Waals surface area contributed by atoms with Gasteiger partial charge in [-0.2, -0.15) is 0 Å². The van der Waals surface area contributed by atoms with E-state index in [1.165, 1.54) is 4.90 Å². The molecule has 1 aliphatic heterocycles. The molecular formula is C26H22N2O4S. The number of nitrogens with one attached hydrogen (secondary N) is 1. The van der Waals surface area contributed by atoms with E-state index in [1.54, 1.807) is 37.5 Å². The van der Waals surface area contributed by atoms with E-state index in [9.17, 15) is 9.59 Å². The van der Waals surface area contributed by atoms with Gasteiger partial charge in [0.05, 0.1) is 12.8 Å². The van der Waals surface area contributed by atoms with Crippen molar-refractivity contribution in [1.82, 2.24) is 5.32 Å². The first-order valence-corrected chi connectivity index (χ1v) is 10.7. The van der Waals surface area contributed by atoms with Crippen LogP contribution in [-0.2, 0) is 9.59 Å². The molecule has 3 aromatic carbocycles. The van der Waals surface area contributed by atoms with Gasteiger partial charge in [-0.05, 0) is 97.4 Å². The zero-order valence-electron chi connectivity index (χ0n) is 18.4. The molecular weight excluding hydrogens is 436 g/mol. The first-order valence-electron chi connectivity index (χ1n) is 10.3. The Hall–Kier alpha value is -3.97. The van der Waals surface area contributed by atoms with Crippen LogP contribution in [0.2, 0.25) is 0 Å². The lowest BCUT2D eigenvalue weighted by atomic mass is 10.0. The van der Waals surface area contributed by atoms with E-state index >= 15 is 0 Å². The van der Waals surface area contributed by atoms with Crippen LogP contribution in [0.3, 0.4) is 0 Å². The molecule has 0 aromatic heterocycles. The Morgan fingerprint density at radius 3 is 2.24 bits per heavy atom. The van der Waals surface area contributed by atoms with Gasteiger partial charge < -0.3 is 9.47 Å². The summed E-state index contributed by atoms with van der Waals surface area (Å²) in [6.45, 7) is 3.80. The fourth-order valence-electron chi connectivity index (χ4n) is 3.52. The van der Waals surface area contributed by atoms with Crippen LogP contribution in [-0.4, -0.2) is 24.0 Å². The molecule has 4 rings (SSSR count). The van der Waals surface area contributed by atoms with Gasteiger partial charge in [-0.25, -0.2) is 0 Å². The lowest BCUT2D eigenvalue weighted by Gasteiger charge is -2.29. The highest BCUT2D eigenvalue weighted by Crippen LogP contribution is 2.28. The second-order valence-corrected chi connectivity index (χ2v) is 7.93. The van der Waals surface area contributed by atoms with Crippen molar-refractivity contribution < 1.29 is 19.1 Å². The summed E-state index contributed by atoms with van der Waals surface area (Å²) in [5, 5.41) is 2.64. The van der Waals surface area contributed by atoms with Crippen molar-refractivity contribution in [3.63, 3.8) is 0 Å². The summed E-state index contributed by atoms with van der Waals surface area (Å²) in [5.41, 5.74) is 3.07. The number of nitrogens with zero attached hydrogens (tertiary/aromatic N) is 1. The van der Waals surface area contributed by atoms with Crippen molar-refractivity contribution in [3.05, 3.63) is 89.0 Å². The van der Waals surface area contributed by atoms with E-state index in [-0.39, 0.29) is 10.7 Å². The van der Waals surface area contributed by atoms with Gasteiger partial charge in [-0.1, -0.05) is 18.2 Å². The van der Waals surface area contributed by atoms with Crippen LogP contribution < -0.4 is 19.7 Å². The van der Waals surface area contributed by atoms with Crippen LogP contribution in [0.1, 0.15) is 16.7 Å². The number of benzene rings is 3. The quantitative estimate of drug-likeness (QED) is 0.333. The van der Waals surface area contributed by atoms with Gasteiger partial charge in [0.15, 0.2) is 5.11 Å². The Morgan fingerprint density at radius 1 is 0.909 bits per heavy atom. The molecule has 1 fully saturated rings. The second kappa shape index (κ2) is 9.26. The zero-order chi connectivity index (χ0) is 23.5. The number of anilines is 1. The Bertz CT molecular complexity index is 1270. The van der Waals surface area contributed by atoms with E-state index in [4.69, 9.17) is 21.7 Å². The molecule has 0 aliphatic carbocycles. The van der Waals surface area contributed by atoms with Crippen molar-refractivity contribution in [2.45, 2.75) is 13.8 Å². The zero-order valence-corrected chi connectivity index (χ0v) is 19.2. The maximum atomic E-state index is 13.3. The number of rotatable bonds is 5. The van der Waals surface area contributed by atoms with Crippen LogP contribution in [0.25, 0.3) is 6.08 Å². The Labute approximate surface area is 197 Å². The lowest BCUT2D eigenvalue weighted by Crippen LogP contribution is -2.54. The molecule has 6 nitrogen and oxygen atoms in total. The van der Waals surface area contributed by atoms with E-state index < -0.39 is 11.8 Å². The van der Waals surface area contributed by atoms with Crippen LogP contribution in [0, 0.1) is 13.8 Å². The summed E-state index contributed by atoms with van der Waals surface area (Å²) in [5.74, 6) is 1.04. The molecule has 0 atom stereocenters. The third-order valence-corrected chi connectivity index (χ3v) is 5.54. The predicted molar refractivity (Wildman–Crippen MR) is 132 cm³/mol. The van der Waals surface area contributed by atoms with Crippen LogP contribution in [0.15, 0.2) is 72.3 Å². The summed E-state index contributed by atoms with van der Waals surface area (Å²) < 4.78 is 11.2. The highest BCUT2D eigenvalue weighted by atomic mass is 32.1. The van der Waals surface area contributed by atoms with Gasteiger partial charge in [-0.3, -0.25) is 19.8 Å². The SMILES string of the molecule is COc1cc(C)c(/C=C2\C(=O)NC(=S)N(c3ccc(Oc4ccccc4)cc3)C2=O)cc1C. The topological polar surface area (TPSA) is 67.9 Å². The molecule has 166 valence electrons. The molecule has 3 aromatic rings. The summed E-state index contributed by atoms with van der Waals surface area (Å²) in [6, 6.07) is 20.1.